The molecule has 1 fully saturated rings. The number of carbonyl (C=O) groups excluding carboxylic acids is 1. The predicted molar refractivity (Wildman–Crippen MR) is 68.8 cm³/mol. The van der Waals surface area contributed by atoms with Gasteiger partial charge in [0.1, 0.15) is 4.88 Å². The first-order chi connectivity index (χ1) is 8.56. The number of hydrogen-bond acceptors (Lipinski definition) is 5. The molecule has 5 nitrogen and oxygen atoms in total. The summed E-state index contributed by atoms with van der Waals surface area (Å²) in [6.07, 6.45) is 0. The average molecular weight is 270 g/mol. The zero-order chi connectivity index (χ0) is 13.2. The van der Waals surface area contributed by atoms with Crippen molar-refractivity contribution in [2.75, 3.05) is 26.9 Å². The third-order valence-electron chi connectivity index (χ3n) is 3.01. The minimum Gasteiger partial charge on any atom is -0.378 e. The quantitative estimate of drug-likeness (QED) is 0.836. The van der Waals surface area contributed by atoms with Gasteiger partial charge in [-0.15, -0.1) is 11.3 Å². The average Bonchev–Trinajstić information content (AvgIpc) is 2.76. The van der Waals surface area contributed by atoms with Crippen molar-refractivity contribution < 1.29 is 14.3 Å². The third kappa shape index (κ3) is 2.55. The number of nitrogens with zero attached hydrogens (tertiary/aromatic N) is 2. The maximum absolute atomic E-state index is 12.6. The van der Waals surface area contributed by atoms with Crippen molar-refractivity contribution in [3.8, 4) is 0 Å². The molecule has 6 heteroatoms. The van der Waals surface area contributed by atoms with E-state index in [1.165, 1.54) is 11.3 Å². The standard InChI is InChI=1S/C12H18N2O3S/c1-12(2)7-17-5-4-14(12)11(15)10-9(6-16-3)13-8-18-10/h8H,4-7H2,1-3H3. The SMILES string of the molecule is COCc1ncsc1C(=O)N1CCOCC1(C)C. The molecule has 0 bridgehead atoms. The van der Waals surface area contributed by atoms with Gasteiger partial charge in [-0.1, -0.05) is 0 Å². The van der Waals surface area contributed by atoms with E-state index in [0.717, 1.165) is 5.69 Å². The largest absolute Gasteiger partial charge is 0.378 e. The minimum absolute atomic E-state index is 0.0258. The second kappa shape index (κ2) is 5.34. The highest BCUT2D eigenvalue weighted by atomic mass is 32.1. The van der Waals surface area contributed by atoms with Crippen LogP contribution in [0.25, 0.3) is 0 Å². The second-order valence-electron chi connectivity index (χ2n) is 4.88. The van der Waals surface area contributed by atoms with Crippen LogP contribution < -0.4 is 0 Å². The van der Waals surface area contributed by atoms with Crippen molar-refractivity contribution in [3.05, 3.63) is 16.1 Å². The van der Waals surface area contributed by atoms with E-state index >= 15 is 0 Å². The topological polar surface area (TPSA) is 51.7 Å². The number of aromatic nitrogens is 1. The van der Waals surface area contributed by atoms with Crippen LogP contribution in [0.4, 0.5) is 0 Å². The van der Waals surface area contributed by atoms with Crippen LogP contribution in [0.15, 0.2) is 5.51 Å². The number of carbonyl (C=O) groups is 1. The molecule has 1 saturated heterocycles. The van der Waals surface area contributed by atoms with Crippen LogP contribution in [0.2, 0.25) is 0 Å². The number of amides is 1. The summed E-state index contributed by atoms with van der Waals surface area (Å²) in [4.78, 5) is 19.3. The van der Waals surface area contributed by atoms with Crippen LogP contribution in [0.3, 0.4) is 0 Å². The van der Waals surface area contributed by atoms with Crippen LogP contribution in [0, 0.1) is 0 Å². The summed E-state index contributed by atoms with van der Waals surface area (Å²) in [7, 11) is 1.60. The molecule has 1 aromatic heterocycles. The van der Waals surface area contributed by atoms with Crippen molar-refractivity contribution in [3.63, 3.8) is 0 Å². The molecule has 1 aromatic rings. The zero-order valence-electron chi connectivity index (χ0n) is 10.9. The minimum atomic E-state index is -0.274. The molecule has 1 aliphatic rings. The van der Waals surface area contributed by atoms with Gasteiger partial charge in [0.2, 0.25) is 0 Å². The van der Waals surface area contributed by atoms with Gasteiger partial charge in [0, 0.05) is 13.7 Å². The Labute approximate surface area is 111 Å². The summed E-state index contributed by atoms with van der Waals surface area (Å²) < 4.78 is 10.5. The number of morpholine rings is 1. The van der Waals surface area contributed by atoms with Crippen LogP contribution in [0.5, 0.6) is 0 Å². The lowest BCUT2D eigenvalue weighted by atomic mass is 10.0. The molecule has 0 aromatic carbocycles. The van der Waals surface area contributed by atoms with E-state index < -0.39 is 0 Å². The van der Waals surface area contributed by atoms with Crippen LogP contribution >= 0.6 is 11.3 Å². The van der Waals surface area contributed by atoms with Gasteiger partial charge in [-0.25, -0.2) is 4.98 Å². The zero-order valence-corrected chi connectivity index (χ0v) is 11.7. The molecule has 1 aliphatic heterocycles. The van der Waals surface area contributed by atoms with Crippen LogP contribution in [0.1, 0.15) is 29.2 Å². The first-order valence-electron chi connectivity index (χ1n) is 5.87. The molecule has 100 valence electrons. The Kier molecular flexibility index (Phi) is 3.99. The number of thiazole rings is 1. The second-order valence-corrected chi connectivity index (χ2v) is 5.74. The normalized spacial score (nSPS) is 18.9. The molecule has 18 heavy (non-hydrogen) atoms. The van der Waals surface area contributed by atoms with E-state index in [1.807, 2.05) is 18.7 Å². The lowest BCUT2D eigenvalue weighted by Crippen LogP contribution is -2.55. The summed E-state index contributed by atoms with van der Waals surface area (Å²) in [5.41, 5.74) is 2.13. The van der Waals surface area contributed by atoms with Crippen LogP contribution in [-0.4, -0.2) is 48.2 Å². The fourth-order valence-electron chi connectivity index (χ4n) is 2.04. The van der Waals surface area contributed by atoms with Gasteiger partial charge in [-0.2, -0.15) is 0 Å². The highest BCUT2D eigenvalue weighted by Crippen LogP contribution is 2.25. The summed E-state index contributed by atoms with van der Waals surface area (Å²) in [6.45, 7) is 6.18. The van der Waals surface area contributed by atoms with E-state index in [1.54, 1.807) is 12.6 Å². The van der Waals surface area contributed by atoms with Gasteiger partial charge in [0.25, 0.3) is 5.91 Å². The fraction of sp³-hybridized carbons (Fsp3) is 0.667. The number of ether oxygens (including phenoxy) is 2. The molecule has 0 spiro atoms. The van der Waals surface area contributed by atoms with Gasteiger partial charge in [-0.3, -0.25) is 4.79 Å². The Hall–Kier alpha value is -0.980. The molecule has 0 radical (unpaired) electrons. The van der Waals surface area contributed by atoms with Crippen LogP contribution in [-0.2, 0) is 16.1 Å². The summed E-state index contributed by atoms with van der Waals surface area (Å²) in [6, 6.07) is 0. The molecule has 0 saturated carbocycles. The Morgan fingerprint density at radius 1 is 1.67 bits per heavy atom. The van der Waals surface area contributed by atoms with E-state index in [2.05, 4.69) is 4.98 Å². The molecule has 0 unspecified atom stereocenters. The molecule has 1 amide bonds. The van der Waals surface area contributed by atoms with Gasteiger partial charge in [0.05, 0.1) is 36.6 Å². The van der Waals surface area contributed by atoms with Crippen molar-refractivity contribution in [1.29, 1.82) is 0 Å². The van der Waals surface area contributed by atoms with Gasteiger partial charge >= 0.3 is 0 Å². The Bertz CT molecular complexity index is 431. The van der Waals surface area contributed by atoms with Gasteiger partial charge in [0.15, 0.2) is 0 Å². The lowest BCUT2D eigenvalue weighted by Gasteiger charge is -2.41. The summed E-state index contributed by atoms with van der Waals surface area (Å²) >= 11 is 1.37. The smallest absolute Gasteiger partial charge is 0.266 e. The molecule has 2 heterocycles. The first-order valence-corrected chi connectivity index (χ1v) is 6.75. The van der Waals surface area contributed by atoms with Crippen molar-refractivity contribution in [1.82, 2.24) is 9.88 Å². The predicted octanol–water partition coefficient (Wildman–Crippen LogP) is 1.54. The number of hydrogen-bond donors (Lipinski definition) is 0. The third-order valence-corrected chi connectivity index (χ3v) is 3.86. The lowest BCUT2D eigenvalue weighted by molar-refractivity contribution is -0.0369. The fourth-order valence-corrected chi connectivity index (χ4v) is 2.78. The van der Waals surface area contributed by atoms with Crippen molar-refractivity contribution in [2.45, 2.75) is 26.0 Å². The number of methoxy groups -OCH3 is 1. The number of rotatable bonds is 3. The summed E-state index contributed by atoms with van der Waals surface area (Å²) in [5, 5.41) is 0. The van der Waals surface area contributed by atoms with E-state index in [0.29, 0.717) is 31.2 Å². The van der Waals surface area contributed by atoms with E-state index in [-0.39, 0.29) is 11.4 Å². The van der Waals surface area contributed by atoms with E-state index in [4.69, 9.17) is 9.47 Å². The highest BCUT2D eigenvalue weighted by Gasteiger charge is 2.35. The molecule has 0 N–H and O–H groups in total. The molecule has 0 atom stereocenters. The maximum atomic E-state index is 12.6. The Morgan fingerprint density at radius 3 is 3.11 bits per heavy atom. The Morgan fingerprint density at radius 2 is 2.44 bits per heavy atom. The van der Waals surface area contributed by atoms with Gasteiger partial charge < -0.3 is 14.4 Å². The molecule has 2 rings (SSSR count). The molecular weight excluding hydrogens is 252 g/mol. The van der Waals surface area contributed by atoms with Crippen molar-refractivity contribution in [2.24, 2.45) is 0 Å². The monoisotopic (exact) mass is 270 g/mol. The highest BCUT2D eigenvalue weighted by molar-refractivity contribution is 7.11. The molecule has 0 aliphatic carbocycles. The van der Waals surface area contributed by atoms with Gasteiger partial charge in [-0.05, 0) is 13.8 Å². The summed E-state index contributed by atoms with van der Waals surface area (Å²) in [5.74, 6) is 0.0258. The first kappa shape index (κ1) is 13.5. The van der Waals surface area contributed by atoms with E-state index in [9.17, 15) is 4.79 Å². The van der Waals surface area contributed by atoms with Crippen molar-refractivity contribution >= 4 is 17.2 Å². The molecular formula is C12H18N2O3S. The maximum Gasteiger partial charge on any atom is 0.266 e. The Balaban J connectivity index is 2.22.